The van der Waals surface area contributed by atoms with E-state index < -0.39 is 47.4 Å². The van der Waals surface area contributed by atoms with Crippen LogP contribution in [0.5, 0.6) is 0 Å². The molecule has 1 aliphatic rings. The molecule has 2 rings (SSSR count). The fourth-order valence-corrected chi connectivity index (χ4v) is 1.32. The molecule has 1 aliphatic heterocycles. The molecule has 0 aliphatic carbocycles. The van der Waals surface area contributed by atoms with Crippen molar-refractivity contribution in [3.8, 4) is 0 Å². The third-order valence-corrected chi connectivity index (χ3v) is 2.15. The Labute approximate surface area is 91.6 Å². The lowest BCUT2D eigenvalue weighted by molar-refractivity contribution is -0.276. The van der Waals surface area contributed by atoms with Crippen molar-refractivity contribution in [2.75, 3.05) is 6.79 Å². The SMILES string of the molecule is Fc1c(F)c(F)c(CC2OCOO2)c(F)c1F. The van der Waals surface area contributed by atoms with Crippen LogP contribution in [-0.2, 0) is 20.9 Å². The Morgan fingerprint density at radius 1 is 0.882 bits per heavy atom. The Hall–Kier alpha value is -1.25. The van der Waals surface area contributed by atoms with E-state index >= 15 is 0 Å². The molecular weight excluding hydrogens is 251 g/mol. The molecule has 0 amide bonds. The lowest BCUT2D eigenvalue weighted by Gasteiger charge is -2.10. The largest absolute Gasteiger partial charge is 0.320 e. The van der Waals surface area contributed by atoms with Crippen LogP contribution in [0.15, 0.2) is 0 Å². The summed E-state index contributed by atoms with van der Waals surface area (Å²) in [4.78, 5) is 8.65. The molecule has 0 aromatic heterocycles. The fourth-order valence-electron chi connectivity index (χ4n) is 1.32. The Morgan fingerprint density at radius 3 is 1.88 bits per heavy atom. The number of hydrogen-bond donors (Lipinski definition) is 0. The van der Waals surface area contributed by atoms with Crippen LogP contribution in [0.4, 0.5) is 22.0 Å². The first-order valence-electron chi connectivity index (χ1n) is 4.42. The summed E-state index contributed by atoms with van der Waals surface area (Å²) in [5.41, 5.74) is -1.00. The molecule has 0 N–H and O–H groups in total. The lowest BCUT2D eigenvalue weighted by Crippen LogP contribution is -2.16. The summed E-state index contributed by atoms with van der Waals surface area (Å²) >= 11 is 0. The van der Waals surface area contributed by atoms with E-state index in [0.717, 1.165) is 0 Å². The highest BCUT2D eigenvalue weighted by atomic mass is 19.2. The summed E-state index contributed by atoms with van der Waals surface area (Å²) in [7, 11) is 0. The minimum atomic E-state index is -2.20. The van der Waals surface area contributed by atoms with Crippen molar-refractivity contribution in [3.05, 3.63) is 34.6 Å². The summed E-state index contributed by atoms with van der Waals surface area (Å²) in [6, 6.07) is 0. The van der Waals surface area contributed by atoms with E-state index in [1.54, 1.807) is 0 Å². The van der Waals surface area contributed by atoms with Crippen LogP contribution in [0, 0.1) is 29.1 Å². The lowest BCUT2D eigenvalue weighted by atomic mass is 10.1. The van der Waals surface area contributed by atoms with Crippen LogP contribution in [0.1, 0.15) is 5.56 Å². The van der Waals surface area contributed by atoms with Gasteiger partial charge in [-0.25, -0.2) is 31.7 Å². The summed E-state index contributed by atoms with van der Waals surface area (Å²) in [6.07, 6.45) is -1.85. The van der Waals surface area contributed by atoms with E-state index in [2.05, 4.69) is 14.5 Å². The molecule has 8 heteroatoms. The molecule has 1 aromatic rings. The van der Waals surface area contributed by atoms with Gasteiger partial charge in [-0.1, -0.05) is 0 Å². The van der Waals surface area contributed by atoms with Crippen molar-refractivity contribution >= 4 is 0 Å². The van der Waals surface area contributed by atoms with Crippen molar-refractivity contribution in [3.63, 3.8) is 0 Å². The van der Waals surface area contributed by atoms with Crippen LogP contribution in [0.25, 0.3) is 0 Å². The first-order chi connectivity index (χ1) is 8.02. The van der Waals surface area contributed by atoms with Crippen LogP contribution >= 0.6 is 0 Å². The second-order valence-corrected chi connectivity index (χ2v) is 3.18. The van der Waals surface area contributed by atoms with Gasteiger partial charge in [-0.3, -0.25) is 0 Å². The molecule has 94 valence electrons. The molecule has 1 fully saturated rings. The summed E-state index contributed by atoms with van der Waals surface area (Å²) < 4.78 is 69.3. The Morgan fingerprint density at radius 2 is 1.41 bits per heavy atom. The van der Waals surface area contributed by atoms with E-state index in [4.69, 9.17) is 0 Å². The maximum absolute atomic E-state index is 13.2. The maximum atomic E-state index is 13.2. The normalized spacial score (nSPS) is 19.9. The molecule has 1 unspecified atom stereocenters. The van der Waals surface area contributed by atoms with Gasteiger partial charge in [0.25, 0.3) is 0 Å². The van der Waals surface area contributed by atoms with Crippen molar-refractivity contribution in [2.24, 2.45) is 0 Å². The summed E-state index contributed by atoms with van der Waals surface area (Å²) in [6.45, 7) is -0.278. The van der Waals surface area contributed by atoms with E-state index in [-0.39, 0.29) is 6.79 Å². The molecule has 1 saturated heterocycles. The fraction of sp³-hybridized carbons (Fsp3) is 0.333. The van der Waals surface area contributed by atoms with Crippen molar-refractivity contribution in [2.45, 2.75) is 12.7 Å². The first-order valence-corrected chi connectivity index (χ1v) is 4.42. The second-order valence-electron chi connectivity index (χ2n) is 3.18. The van der Waals surface area contributed by atoms with Crippen LogP contribution in [0.2, 0.25) is 0 Å². The highest BCUT2D eigenvalue weighted by Gasteiger charge is 2.29. The third kappa shape index (κ3) is 2.11. The van der Waals surface area contributed by atoms with Crippen LogP contribution in [-0.4, -0.2) is 13.1 Å². The number of ether oxygens (including phenoxy) is 1. The average Bonchev–Trinajstić information content (AvgIpc) is 2.82. The van der Waals surface area contributed by atoms with Gasteiger partial charge in [-0.05, 0) is 0 Å². The van der Waals surface area contributed by atoms with Crippen LogP contribution in [0.3, 0.4) is 0 Å². The monoisotopic (exact) mass is 256 g/mol. The van der Waals surface area contributed by atoms with Crippen LogP contribution < -0.4 is 0 Å². The van der Waals surface area contributed by atoms with Gasteiger partial charge in [0, 0.05) is 12.0 Å². The molecule has 1 aromatic carbocycles. The predicted octanol–water partition coefficient (Wildman–Crippen LogP) is 2.19. The summed E-state index contributed by atoms with van der Waals surface area (Å²) in [5.74, 6) is -10.0. The van der Waals surface area contributed by atoms with E-state index in [1.807, 2.05) is 0 Å². The molecule has 1 atom stereocenters. The Balaban J connectivity index is 2.38. The smallest absolute Gasteiger partial charge is 0.200 e. The quantitative estimate of drug-likeness (QED) is 0.351. The number of benzene rings is 1. The zero-order valence-corrected chi connectivity index (χ0v) is 8.11. The Bertz CT molecular complexity index is 416. The molecule has 0 spiro atoms. The Kier molecular flexibility index (Phi) is 3.27. The van der Waals surface area contributed by atoms with Crippen molar-refractivity contribution in [1.29, 1.82) is 0 Å². The molecule has 1 heterocycles. The van der Waals surface area contributed by atoms with E-state index in [0.29, 0.717) is 0 Å². The maximum Gasteiger partial charge on any atom is 0.200 e. The first kappa shape index (κ1) is 12.2. The van der Waals surface area contributed by atoms with Gasteiger partial charge in [-0.2, -0.15) is 0 Å². The highest BCUT2D eigenvalue weighted by molar-refractivity contribution is 5.24. The highest BCUT2D eigenvalue weighted by Crippen LogP contribution is 2.25. The van der Waals surface area contributed by atoms with Gasteiger partial charge in [-0.15, -0.1) is 0 Å². The molecular formula is C9H5F5O3. The topological polar surface area (TPSA) is 27.7 Å². The minimum absolute atomic E-state index is 0.278. The molecule has 0 saturated carbocycles. The van der Waals surface area contributed by atoms with Gasteiger partial charge < -0.3 is 4.74 Å². The van der Waals surface area contributed by atoms with Gasteiger partial charge in [0.1, 0.15) is 0 Å². The van der Waals surface area contributed by atoms with E-state index in [9.17, 15) is 22.0 Å². The molecule has 0 radical (unpaired) electrons. The number of hydrogen-bond acceptors (Lipinski definition) is 3. The van der Waals surface area contributed by atoms with E-state index in [1.165, 1.54) is 0 Å². The molecule has 17 heavy (non-hydrogen) atoms. The van der Waals surface area contributed by atoms with Gasteiger partial charge in [0.05, 0.1) is 0 Å². The molecule has 0 bridgehead atoms. The van der Waals surface area contributed by atoms with Crippen molar-refractivity contribution < 1.29 is 36.5 Å². The second kappa shape index (κ2) is 4.55. The third-order valence-electron chi connectivity index (χ3n) is 2.15. The van der Waals surface area contributed by atoms with Crippen molar-refractivity contribution in [1.82, 2.24) is 0 Å². The van der Waals surface area contributed by atoms with Gasteiger partial charge in [0.15, 0.2) is 36.4 Å². The minimum Gasteiger partial charge on any atom is -0.320 e. The number of rotatable bonds is 2. The zero-order chi connectivity index (χ0) is 12.6. The number of halogens is 5. The zero-order valence-electron chi connectivity index (χ0n) is 8.11. The average molecular weight is 256 g/mol. The van der Waals surface area contributed by atoms with Gasteiger partial charge in [0.2, 0.25) is 5.82 Å². The standard InChI is InChI=1S/C9H5F5O3/c10-5-3(1-4-15-2-16-17-4)6(11)8(13)9(14)7(5)12/h4H,1-2H2. The summed E-state index contributed by atoms with van der Waals surface area (Å²) in [5, 5.41) is 0. The predicted molar refractivity (Wildman–Crippen MR) is 41.8 cm³/mol. The van der Waals surface area contributed by atoms with Gasteiger partial charge >= 0.3 is 0 Å². The molecule has 3 nitrogen and oxygen atoms in total.